The molecule has 0 spiro atoms. The zero-order valence-corrected chi connectivity index (χ0v) is 14.3. The molecule has 0 unspecified atom stereocenters. The third-order valence-corrected chi connectivity index (χ3v) is 5.23. The first-order valence-corrected chi connectivity index (χ1v) is 8.64. The fourth-order valence-corrected chi connectivity index (χ4v) is 3.82. The van der Waals surface area contributed by atoms with Crippen molar-refractivity contribution in [2.45, 2.75) is 45.4 Å². The second-order valence-electron chi connectivity index (χ2n) is 7.83. The van der Waals surface area contributed by atoms with E-state index in [1.54, 1.807) is 11.1 Å². The fraction of sp³-hybridized carbons (Fsp3) is 0.304. The van der Waals surface area contributed by atoms with Crippen LogP contribution in [0.5, 0.6) is 0 Å². The Hall–Kier alpha value is -2.08. The lowest BCUT2D eigenvalue weighted by molar-refractivity contribution is 0.590. The Morgan fingerprint density at radius 3 is 2.30 bits per heavy atom. The van der Waals surface area contributed by atoms with Crippen molar-refractivity contribution in [3.63, 3.8) is 0 Å². The summed E-state index contributed by atoms with van der Waals surface area (Å²) >= 11 is 0. The van der Waals surface area contributed by atoms with E-state index in [4.69, 9.17) is 0 Å². The van der Waals surface area contributed by atoms with E-state index < -0.39 is 0 Å². The number of hydrogen-bond donors (Lipinski definition) is 0. The number of benzene rings is 2. The second-order valence-corrected chi connectivity index (χ2v) is 7.83. The molecule has 2 aliphatic rings. The predicted molar refractivity (Wildman–Crippen MR) is 99.4 cm³/mol. The van der Waals surface area contributed by atoms with E-state index in [-0.39, 0.29) is 5.41 Å². The molecule has 0 saturated carbocycles. The lowest BCUT2D eigenvalue weighted by Crippen LogP contribution is -2.10. The van der Waals surface area contributed by atoms with Gasteiger partial charge in [-0.1, -0.05) is 75.4 Å². The molecule has 4 rings (SSSR count). The van der Waals surface area contributed by atoms with E-state index in [0.29, 0.717) is 0 Å². The summed E-state index contributed by atoms with van der Waals surface area (Å²) in [4.78, 5) is 0. The molecular weight excluding hydrogens is 276 g/mol. The number of fused-ring (bicyclic) bond motifs is 2. The lowest BCUT2D eigenvalue weighted by Gasteiger charge is -2.19. The van der Waals surface area contributed by atoms with Gasteiger partial charge >= 0.3 is 0 Å². The lowest BCUT2D eigenvalue weighted by atomic mass is 9.85. The van der Waals surface area contributed by atoms with Crippen LogP contribution in [-0.2, 0) is 11.8 Å². The van der Waals surface area contributed by atoms with Crippen LogP contribution in [0.4, 0.5) is 0 Å². The summed E-state index contributed by atoms with van der Waals surface area (Å²) in [6.07, 6.45) is 5.90. The van der Waals surface area contributed by atoms with Crippen LogP contribution in [0, 0.1) is 0 Å². The quantitative estimate of drug-likeness (QED) is 0.590. The molecule has 0 aliphatic heterocycles. The van der Waals surface area contributed by atoms with Crippen molar-refractivity contribution in [3.8, 4) is 0 Å². The normalized spacial score (nSPS) is 16.9. The van der Waals surface area contributed by atoms with Crippen LogP contribution in [0.25, 0.3) is 11.1 Å². The van der Waals surface area contributed by atoms with E-state index in [1.807, 2.05) is 0 Å². The van der Waals surface area contributed by atoms with Crippen LogP contribution in [0.2, 0.25) is 0 Å². The van der Waals surface area contributed by atoms with Crippen molar-refractivity contribution in [2.75, 3.05) is 0 Å². The highest BCUT2D eigenvalue weighted by atomic mass is 14.3. The Kier molecular flexibility index (Phi) is 3.30. The molecule has 0 heteroatoms. The first-order chi connectivity index (χ1) is 11.0. The molecule has 2 aliphatic carbocycles. The maximum atomic E-state index is 2.44. The third kappa shape index (κ3) is 2.57. The Labute approximate surface area is 139 Å². The third-order valence-electron chi connectivity index (χ3n) is 5.23. The molecule has 0 radical (unpaired) electrons. The average Bonchev–Trinajstić information content (AvgIpc) is 2.99. The molecule has 116 valence electrons. The number of allylic oxidation sites excluding steroid dienone is 4. The smallest absolute Gasteiger partial charge is 0.00110 e. The van der Waals surface area contributed by atoms with Gasteiger partial charge in [0.2, 0.25) is 0 Å². The molecule has 0 N–H and O–H groups in total. The molecule has 0 aromatic heterocycles. The van der Waals surface area contributed by atoms with Gasteiger partial charge in [-0.2, -0.15) is 0 Å². The van der Waals surface area contributed by atoms with Crippen molar-refractivity contribution >= 4 is 11.1 Å². The van der Waals surface area contributed by atoms with Crippen LogP contribution in [0.15, 0.2) is 60.2 Å². The average molecular weight is 300 g/mol. The highest BCUT2D eigenvalue weighted by Gasteiger charge is 2.24. The van der Waals surface area contributed by atoms with Gasteiger partial charge in [0, 0.05) is 0 Å². The molecule has 0 atom stereocenters. The van der Waals surface area contributed by atoms with E-state index in [9.17, 15) is 0 Å². The van der Waals surface area contributed by atoms with Crippen LogP contribution >= 0.6 is 0 Å². The molecule has 23 heavy (non-hydrogen) atoms. The van der Waals surface area contributed by atoms with Crippen molar-refractivity contribution in [3.05, 3.63) is 82.4 Å². The van der Waals surface area contributed by atoms with Gasteiger partial charge in [0.15, 0.2) is 0 Å². The van der Waals surface area contributed by atoms with Gasteiger partial charge in [-0.15, -0.1) is 0 Å². The summed E-state index contributed by atoms with van der Waals surface area (Å²) in [6.45, 7) is 6.82. The minimum atomic E-state index is 0.221. The van der Waals surface area contributed by atoms with Gasteiger partial charge in [-0.25, -0.2) is 0 Å². The van der Waals surface area contributed by atoms with Gasteiger partial charge < -0.3 is 0 Å². The first-order valence-electron chi connectivity index (χ1n) is 8.64. The maximum Gasteiger partial charge on any atom is -0.00110 e. The number of rotatable bonds is 1. The summed E-state index contributed by atoms with van der Waals surface area (Å²) in [7, 11) is 0. The summed E-state index contributed by atoms with van der Waals surface area (Å²) in [5.41, 5.74) is 10.6. The number of aryl methyl sites for hydroxylation is 1. The molecule has 0 fully saturated rings. The minimum Gasteiger partial charge on any atom is -0.0620 e. The summed E-state index contributed by atoms with van der Waals surface area (Å²) < 4.78 is 0. The van der Waals surface area contributed by atoms with Crippen LogP contribution in [0.3, 0.4) is 0 Å². The summed E-state index contributed by atoms with van der Waals surface area (Å²) in [5.74, 6) is 0. The second kappa shape index (κ2) is 5.23. The largest absolute Gasteiger partial charge is 0.0620 e. The maximum absolute atomic E-state index is 2.44. The minimum absolute atomic E-state index is 0.221. The highest BCUT2D eigenvalue weighted by molar-refractivity contribution is 5.91. The fourth-order valence-electron chi connectivity index (χ4n) is 3.82. The monoisotopic (exact) mass is 300 g/mol. The highest BCUT2D eigenvalue weighted by Crippen LogP contribution is 2.43. The van der Waals surface area contributed by atoms with Gasteiger partial charge in [-0.3, -0.25) is 0 Å². The van der Waals surface area contributed by atoms with Crippen LogP contribution in [-0.4, -0.2) is 0 Å². The summed E-state index contributed by atoms with van der Waals surface area (Å²) in [6, 6.07) is 18.1. The zero-order chi connectivity index (χ0) is 16.0. The predicted octanol–water partition coefficient (Wildman–Crippen LogP) is 6.17. The summed E-state index contributed by atoms with van der Waals surface area (Å²) in [5, 5.41) is 0. The molecule has 0 heterocycles. The molecule has 2 aromatic carbocycles. The van der Waals surface area contributed by atoms with E-state index >= 15 is 0 Å². The molecule has 0 nitrogen and oxygen atoms in total. The Morgan fingerprint density at radius 2 is 1.57 bits per heavy atom. The standard InChI is InChI=1S/C23H24/c1-23(2,3)20-12-10-16(11-13-20)19-14-18-9-8-17-6-4-5-7-21(17)22(18)15-19/h4-7,10-14H,8-9,15H2,1-3H3. The van der Waals surface area contributed by atoms with E-state index in [0.717, 1.165) is 6.42 Å². The van der Waals surface area contributed by atoms with Gasteiger partial charge in [0.1, 0.15) is 0 Å². The van der Waals surface area contributed by atoms with Crippen molar-refractivity contribution in [1.29, 1.82) is 0 Å². The Bertz CT molecular complexity index is 808. The molecular formula is C23H24. The van der Waals surface area contributed by atoms with Gasteiger partial charge in [-0.05, 0) is 63.7 Å². The van der Waals surface area contributed by atoms with E-state index in [1.165, 1.54) is 40.7 Å². The van der Waals surface area contributed by atoms with Crippen molar-refractivity contribution < 1.29 is 0 Å². The molecule has 0 saturated heterocycles. The SMILES string of the molecule is CC(C)(C)c1ccc(C2=CC3=C(C2)c2ccccc2CC3)cc1. The Balaban J connectivity index is 1.63. The first kappa shape index (κ1) is 14.5. The Morgan fingerprint density at radius 1 is 0.826 bits per heavy atom. The van der Waals surface area contributed by atoms with Gasteiger partial charge in [0.25, 0.3) is 0 Å². The van der Waals surface area contributed by atoms with E-state index in [2.05, 4.69) is 75.4 Å². The van der Waals surface area contributed by atoms with Crippen molar-refractivity contribution in [2.24, 2.45) is 0 Å². The van der Waals surface area contributed by atoms with Crippen molar-refractivity contribution in [1.82, 2.24) is 0 Å². The topological polar surface area (TPSA) is 0 Å². The zero-order valence-electron chi connectivity index (χ0n) is 14.3. The molecule has 0 bridgehead atoms. The number of hydrogen-bond acceptors (Lipinski definition) is 0. The van der Waals surface area contributed by atoms with Gasteiger partial charge in [0.05, 0.1) is 0 Å². The van der Waals surface area contributed by atoms with Crippen LogP contribution < -0.4 is 0 Å². The molecule has 0 amide bonds. The van der Waals surface area contributed by atoms with Crippen LogP contribution in [0.1, 0.15) is 55.9 Å². The molecule has 2 aromatic rings.